The van der Waals surface area contributed by atoms with Gasteiger partial charge in [0.2, 0.25) is 0 Å². The van der Waals surface area contributed by atoms with Crippen molar-refractivity contribution in [3.05, 3.63) is 63.7 Å². The topological polar surface area (TPSA) is 62.7 Å². The fraction of sp³-hybridized carbons (Fsp3) is 0.316. The molecule has 1 saturated heterocycles. The van der Waals surface area contributed by atoms with E-state index >= 15 is 0 Å². The first-order valence-corrected chi connectivity index (χ1v) is 12.3. The van der Waals surface area contributed by atoms with E-state index in [1.807, 2.05) is 5.38 Å². The van der Waals surface area contributed by atoms with Crippen molar-refractivity contribution in [1.82, 2.24) is 14.2 Å². The summed E-state index contributed by atoms with van der Waals surface area (Å²) in [6.07, 6.45) is 0. The number of thiophene rings is 1. The van der Waals surface area contributed by atoms with Gasteiger partial charge in [-0.25, -0.2) is 17.8 Å². The summed E-state index contributed by atoms with van der Waals surface area (Å²) < 4.78 is 45.7. The Balaban J connectivity index is 1.27. The number of hydrogen-bond donors (Lipinski definition) is 0. The SMILES string of the molecule is O=S(=O)(c1cccs1)N1CCN(Cc2csc(COc3ccc(F)cc3)n2)CC1. The number of rotatable bonds is 7. The summed E-state index contributed by atoms with van der Waals surface area (Å²) in [5, 5.41) is 4.63. The number of aromatic nitrogens is 1. The zero-order chi connectivity index (χ0) is 20.3. The third kappa shape index (κ3) is 5.01. The lowest BCUT2D eigenvalue weighted by Gasteiger charge is -2.33. The quantitative estimate of drug-likeness (QED) is 0.549. The van der Waals surface area contributed by atoms with Crippen LogP contribution < -0.4 is 4.74 Å². The van der Waals surface area contributed by atoms with Gasteiger partial charge < -0.3 is 4.74 Å². The van der Waals surface area contributed by atoms with Gasteiger partial charge in [-0.2, -0.15) is 4.31 Å². The number of benzene rings is 1. The minimum Gasteiger partial charge on any atom is -0.486 e. The second-order valence-corrected chi connectivity index (χ2v) is 10.6. The Morgan fingerprint density at radius 1 is 1.07 bits per heavy atom. The van der Waals surface area contributed by atoms with Crippen molar-refractivity contribution in [3.8, 4) is 5.75 Å². The molecule has 0 saturated carbocycles. The number of sulfonamides is 1. The van der Waals surface area contributed by atoms with Gasteiger partial charge in [-0.1, -0.05) is 6.07 Å². The molecule has 0 aliphatic carbocycles. The van der Waals surface area contributed by atoms with E-state index in [9.17, 15) is 12.8 Å². The molecule has 154 valence electrons. The Hall–Kier alpha value is -1.85. The highest BCUT2D eigenvalue weighted by molar-refractivity contribution is 7.91. The summed E-state index contributed by atoms with van der Waals surface area (Å²) in [6, 6.07) is 9.31. The number of piperazine rings is 1. The Morgan fingerprint density at radius 2 is 1.83 bits per heavy atom. The van der Waals surface area contributed by atoms with Crippen LogP contribution in [0.25, 0.3) is 0 Å². The number of ether oxygens (including phenoxy) is 1. The highest BCUT2D eigenvalue weighted by Gasteiger charge is 2.29. The average Bonchev–Trinajstić information content (AvgIpc) is 3.41. The van der Waals surface area contributed by atoms with Crippen LogP contribution in [0.1, 0.15) is 10.7 Å². The molecule has 6 nitrogen and oxygen atoms in total. The predicted molar refractivity (Wildman–Crippen MR) is 111 cm³/mol. The van der Waals surface area contributed by atoms with E-state index in [1.54, 1.807) is 34.0 Å². The van der Waals surface area contributed by atoms with Gasteiger partial charge in [-0.05, 0) is 35.7 Å². The highest BCUT2D eigenvalue weighted by Crippen LogP contribution is 2.23. The number of hydrogen-bond acceptors (Lipinski definition) is 7. The van der Waals surface area contributed by atoms with E-state index in [1.165, 1.54) is 34.8 Å². The largest absolute Gasteiger partial charge is 0.486 e. The minimum atomic E-state index is -3.38. The van der Waals surface area contributed by atoms with E-state index < -0.39 is 10.0 Å². The molecule has 0 N–H and O–H groups in total. The number of thiazole rings is 1. The van der Waals surface area contributed by atoms with Gasteiger partial charge in [-0.3, -0.25) is 4.90 Å². The van der Waals surface area contributed by atoms with Crippen LogP contribution in [0, 0.1) is 5.82 Å². The maximum Gasteiger partial charge on any atom is 0.252 e. The van der Waals surface area contributed by atoms with Crippen LogP contribution in [0.15, 0.2) is 51.4 Å². The van der Waals surface area contributed by atoms with Crippen molar-refractivity contribution in [2.24, 2.45) is 0 Å². The van der Waals surface area contributed by atoms with E-state index in [0.717, 1.165) is 10.7 Å². The third-order valence-electron chi connectivity index (χ3n) is 4.58. The maximum absolute atomic E-state index is 12.9. The second-order valence-electron chi connectivity index (χ2n) is 6.59. The molecule has 0 radical (unpaired) electrons. The summed E-state index contributed by atoms with van der Waals surface area (Å²) in [4.78, 5) is 6.80. The van der Waals surface area contributed by atoms with Gasteiger partial charge in [-0.15, -0.1) is 22.7 Å². The zero-order valence-corrected chi connectivity index (χ0v) is 18.0. The van der Waals surface area contributed by atoms with Gasteiger partial charge >= 0.3 is 0 Å². The van der Waals surface area contributed by atoms with Gasteiger partial charge in [0.25, 0.3) is 10.0 Å². The monoisotopic (exact) mass is 453 g/mol. The second kappa shape index (κ2) is 8.88. The molecule has 3 heterocycles. The smallest absolute Gasteiger partial charge is 0.252 e. The standard InChI is InChI=1S/C19H20FN3O3S3/c20-15-3-5-17(6-4-15)26-13-18-21-16(14-28-18)12-22-7-9-23(10-8-22)29(24,25)19-2-1-11-27-19/h1-6,11,14H,7-10,12-13H2. The van der Waals surface area contributed by atoms with Crippen LogP contribution in [0.2, 0.25) is 0 Å². The lowest BCUT2D eigenvalue weighted by Crippen LogP contribution is -2.48. The van der Waals surface area contributed by atoms with Gasteiger partial charge in [0.05, 0.1) is 5.69 Å². The number of nitrogens with zero attached hydrogens (tertiary/aromatic N) is 3. The van der Waals surface area contributed by atoms with Crippen molar-refractivity contribution in [3.63, 3.8) is 0 Å². The average molecular weight is 454 g/mol. The molecule has 29 heavy (non-hydrogen) atoms. The Labute approximate surface area is 177 Å². The lowest BCUT2D eigenvalue weighted by molar-refractivity contribution is 0.180. The van der Waals surface area contributed by atoms with E-state index in [4.69, 9.17) is 4.74 Å². The molecule has 1 aromatic carbocycles. The van der Waals surface area contributed by atoms with Crippen LogP contribution in [-0.2, 0) is 23.2 Å². The van der Waals surface area contributed by atoms with Crippen LogP contribution in [0.5, 0.6) is 5.75 Å². The van der Waals surface area contributed by atoms with E-state index in [0.29, 0.717) is 49.3 Å². The molecule has 4 rings (SSSR count). The fourth-order valence-electron chi connectivity index (χ4n) is 3.06. The van der Waals surface area contributed by atoms with Gasteiger partial charge in [0, 0.05) is 38.1 Å². The lowest BCUT2D eigenvalue weighted by atomic mass is 10.3. The van der Waals surface area contributed by atoms with Crippen molar-refractivity contribution in [2.45, 2.75) is 17.4 Å². The molecular formula is C19H20FN3O3S3. The van der Waals surface area contributed by atoms with Crippen LogP contribution >= 0.6 is 22.7 Å². The first-order chi connectivity index (χ1) is 14.0. The molecule has 3 aromatic rings. The predicted octanol–water partition coefficient (Wildman–Crippen LogP) is 3.43. The minimum absolute atomic E-state index is 0.294. The normalized spacial score (nSPS) is 16.2. The first kappa shape index (κ1) is 20.4. The van der Waals surface area contributed by atoms with Gasteiger partial charge in [0.1, 0.15) is 27.4 Å². The van der Waals surface area contributed by atoms with Crippen molar-refractivity contribution >= 4 is 32.7 Å². The van der Waals surface area contributed by atoms with Gasteiger partial charge in [0.15, 0.2) is 0 Å². The molecule has 0 atom stereocenters. The molecule has 0 unspecified atom stereocenters. The molecule has 0 amide bonds. The van der Waals surface area contributed by atoms with Crippen molar-refractivity contribution in [2.75, 3.05) is 26.2 Å². The molecular weight excluding hydrogens is 433 g/mol. The van der Waals surface area contributed by atoms with E-state index in [2.05, 4.69) is 9.88 Å². The maximum atomic E-state index is 12.9. The third-order valence-corrected chi connectivity index (χ3v) is 8.72. The molecule has 0 spiro atoms. The molecule has 1 fully saturated rings. The highest BCUT2D eigenvalue weighted by atomic mass is 32.2. The van der Waals surface area contributed by atoms with E-state index in [-0.39, 0.29) is 5.82 Å². The summed E-state index contributed by atoms with van der Waals surface area (Å²) in [7, 11) is -3.38. The summed E-state index contributed by atoms with van der Waals surface area (Å²) >= 11 is 2.77. The summed E-state index contributed by atoms with van der Waals surface area (Å²) in [5.74, 6) is 0.309. The molecule has 0 bridgehead atoms. The molecule has 10 heteroatoms. The van der Waals surface area contributed by atoms with Crippen molar-refractivity contribution in [1.29, 1.82) is 0 Å². The first-order valence-electron chi connectivity index (χ1n) is 9.08. The molecule has 1 aliphatic heterocycles. The Bertz CT molecular complexity index is 1030. The molecule has 1 aliphatic rings. The summed E-state index contributed by atoms with van der Waals surface area (Å²) in [6.45, 7) is 3.31. The van der Waals surface area contributed by atoms with Crippen LogP contribution in [0.3, 0.4) is 0 Å². The van der Waals surface area contributed by atoms with Crippen LogP contribution in [0.4, 0.5) is 4.39 Å². The Morgan fingerprint density at radius 3 is 2.52 bits per heavy atom. The van der Waals surface area contributed by atoms with Crippen molar-refractivity contribution < 1.29 is 17.5 Å². The zero-order valence-electron chi connectivity index (χ0n) is 15.5. The fourth-order valence-corrected chi connectivity index (χ4v) is 6.32. The Kier molecular flexibility index (Phi) is 6.26. The summed E-state index contributed by atoms with van der Waals surface area (Å²) in [5.41, 5.74) is 0.947. The number of halogens is 1. The van der Waals surface area contributed by atoms with Crippen LogP contribution in [-0.4, -0.2) is 48.8 Å². The molecule has 2 aromatic heterocycles.